The summed E-state index contributed by atoms with van der Waals surface area (Å²) in [4.78, 5) is 14.7. The molecule has 2 bridgehead atoms. The zero-order chi connectivity index (χ0) is 15.0. The van der Waals surface area contributed by atoms with E-state index >= 15 is 0 Å². The van der Waals surface area contributed by atoms with Crippen LogP contribution in [-0.4, -0.2) is 41.3 Å². The van der Waals surface area contributed by atoms with Gasteiger partial charge in [0.1, 0.15) is 5.76 Å². The Morgan fingerprint density at radius 3 is 2.52 bits per heavy atom. The molecule has 5 heteroatoms. The van der Waals surface area contributed by atoms with Crippen LogP contribution in [0.5, 0.6) is 0 Å². The van der Waals surface area contributed by atoms with E-state index in [4.69, 9.17) is 9.26 Å². The Bertz CT molecular complexity index is 492. The number of hydrogen-bond donors (Lipinski definition) is 0. The van der Waals surface area contributed by atoms with Crippen molar-refractivity contribution in [3.8, 4) is 0 Å². The molecule has 0 aromatic carbocycles. The fraction of sp³-hybridized carbons (Fsp3) is 0.750. The number of fused-ring (bicyclic) bond motifs is 2. The number of methoxy groups -OCH3 is 1. The molecule has 1 amide bonds. The van der Waals surface area contributed by atoms with E-state index < -0.39 is 0 Å². The van der Waals surface area contributed by atoms with Crippen molar-refractivity contribution in [2.75, 3.05) is 7.11 Å². The first-order valence-corrected chi connectivity index (χ1v) is 7.85. The topological polar surface area (TPSA) is 55.6 Å². The number of hydrogen-bond acceptors (Lipinski definition) is 4. The summed E-state index contributed by atoms with van der Waals surface area (Å²) in [5.41, 5.74) is 1.99. The molecule has 0 saturated carbocycles. The van der Waals surface area contributed by atoms with E-state index in [2.05, 4.69) is 10.1 Å². The molecule has 2 aliphatic rings. The Kier molecular flexibility index (Phi) is 4.02. The summed E-state index contributed by atoms with van der Waals surface area (Å²) in [5.74, 6) is 1.11. The number of aryl methyl sites for hydroxylation is 2. The third-order valence-electron chi connectivity index (χ3n) is 5.08. The monoisotopic (exact) mass is 292 g/mol. The van der Waals surface area contributed by atoms with E-state index in [1.54, 1.807) is 7.11 Å². The minimum absolute atomic E-state index is 0.275. The van der Waals surface area contributed by atoms with Crippen molar-refractivity contribution in [1.82, 2.24) is 10.1 Å². The van der Waals surface area contributed by atoms with Gasteiger partial charge in [-0.15, -0.1) is 0 Å². The molecule has 0 spiro atoms. The van der Waals surface area contributed by atoms with Gasteiger partial charge in [-0.1, -0.05) is 5.16 Å². The predicted octanol–water partition coefficient (Wildman–Crippen LogP) is 2.39. The minimum atomic E-state index is 0.275. The lowest BCUT2D eigenvalue weighted by Crippen LogP contribution is -2.48. The molecule has 3 heterocycles. The summed E-state index contributed by atoms with van der Waals surface area (Å²) in [7, 11) is 1.78. The number of rotatable bonds is 4. The van der Waals surface area contributed by atoms with Gasteiger partial charge in [-0.05, 0) is 46.0 Å². The quantitative estimate of drug-likeness (QED) is 0.855. The van der Waals surface area contributed by atoms with Gasteiger partial charge < -0.3 is 14.2 Å². The van der Waals surface area contributed by atoms with Crippen molar-refractivity contribution < 1.29 is 14.1 Å². The molecule has 0 N–H and O–H groups in total. The van der Waals surface area contributed by atoms with E-state index in [-0.39, 0.29) is 5.91 Å². The molecule has 2 atom stereocenters. The Morgan fingerprint density at radius 1 is 1.33 bits per heavy atom. The van der Waals surface area contributed by atoms with Crippen LogP contribution in [0.4, 0.5) is 0 Å². The van der Waals surface area contributed by atoms with E-state index in [0.717, 1.165) is 49.1 Å². The Morgan fingerprint density at radius 2 is 2.00 bits per heavy atom. The molecule has 5 nitrogen and oxygen atoms in total. The van der Waals surface area contributed by atoms with Crippen LogP contribution in [0.1, 0.15) is 49.1 Å². The predicted molar refractivity (Wildman–Crippen MR) is 78.0 cm³/mol. The van der Waals surface area contributed by atoms with Gasteiger partial charge in [-0.2, -0.15) is 0 Å². The van der Waals surface area contributed by atoms with Gasteiger partial charge >= 0.3 is 0 Å². The van der Waals surface area contributed by atoms with Crippen LogP contribution >= 0.6 is 0 Å². The highest BCUT2D eigenvalue weighted by molar-refractivity contribution is 5.77. The molecule has 21 heavy (non-hydrogen) atoms. The van der Waals surface area contributed by atoms with E-state index in [1.165, 1.54) is 0 Å². The summed E-state index contributed by atoms with van der Waals surface area (Å²) >= 11 is 0. The second-order valence-corrected chi connectivity index (χ2v) is 6.32. The van der Waals surface area contributed by atoms with Crippen LogP contribution in [0.2, 0.25) is 0 Å². The maximum atomic E-state index is 12.6. The van der Waals surface area contributed by atoms with E-state index in [9.17, 15) is 4.79 Å². The SMILES string of the molecule is COC1CC2CCC(C1)N2C(=O)CCc1c(C)noc1C. The van der Waals surface area contributed by atoms with Crippen LogP contribution in [0.25, 0.3) is 0 Å². The number of carbonyl (C=O) groups excluding carboxylic acids is 1. The number of carbonyl (C=O) groups is 1. The van der Waals surface area contributed by atoms with E-state index in [0.29, 0.717) is 24.6 Å². The molecule has 2 unspecified atom stereocenters. The Labute approximate surface area is 125 Å². The van der Waals surface area contributed by atoms with Gasteiger partial charge in [-0.3, -0.25) is 4.79 Å². The van der Waals surface area contributed by atoms with Crippen molar-refractivity contribution in [2.24, 2.45) is 0 Å². The molecule has 116 valence electrons. The number of nitrogens with zero attached hydrogens (tertiary/aromatic N) is 2. The Hall–Kier alpha value is -1.36. The fourth-order valence-corrected chi connectivity index (χ4v) is 3.95. The first kappa shape index (κ1) is 14.6. The first-order valence-electron chi connectivity index (χ1n) is 7.85. The van der Waals surface area contributed by atoms with Gasteiger partial charge in [0.25, 0.3) is 0 Å². The third kappa shape index (κ3) is 2.71. The zero-order valence-electron chi connectivity index (χ0n) is 13.1. The summed E-state index contributed by atoms with van der Waals surface area (Å²) < 4.78 is 10.7. The highest BCUT2D eigenvalue weighted by Crippen LogP contribution is 2.37. The molecule has 1 aromatic rings. The number of piperidine rings is 1. The molecule has 1 aromatic heterocycles. The number of ether oxygens (including phenoxy) is 1. The summed E-state index contributed by atoms with van der Waals surface area (Å²) in [6.45, 7) is 3.84. The number of amides is 1. The van der Waals surface area contributed by atoms with Gasteiger partial charge in [-0.25, -0.2) is 0 Å². The smallest absolute Gasteiger partial charge is 0.223 e. The first-order chi connectivity index (χ1) is 10.1. The molecule has 0 radical (unpaired) electrons. The minimum Gasteiger partial charge on any atom is -0.381 e. The van der Waals surface area contributed by atoms with Crippen molar-refractivity contribution in [3.63, 3.8) is 0 Å². The molecular formula is C16H24N2O3. The highest BCUT2D eigenvalue weighted by atomic mass is 16.5. The molecule has 3 rings (SSSR count). The zero-order valence-corrected chi connectivity index (χ0v) is 13.1. The van der Waals surface area contributed by atoms with Crippen molar-refractivity contribution >= 4 is 5.91 Å². The average molecular weight is 292 g/mol. The molecular weight excluding hydrogens is 268 g/mol. The molecule has 2 saturated heterocycles. The normalized spacial score (nSPS) is 28.1. The van der Waals surface area contributed by atoms with Gasteiger partial charge in [0.15, 0.2) is 0 Å². The van der Waals surface area contributed by atoms with Crippen LogP contribution in [-0.2, 0) is 16.0 Å². The molecule has 2 aliphatic heterocycles. The number of aromatic nitrogens is 1. The maximum absolute atomic E-state index is 12.6. The van der Waals surface area contributed by atoms with Crippen LogP contribution in [0, 0.1) is 13.8 Å². The lowest BCUT2D eigenvalue weighted by Gasteiger charge is -2.38. The standard InChI is InChI=1S/C16H24N2O3/c1-10-15(11(2)21-17-10)6-7-16(19)18-12-4-5-13(18)9-14(8-12)20-3/h12-14H,4-9H2,1-3H3. The van der Waals surface area contributed by atoms with Gasteiger partial charge in [0.05, 0.1) is 11.8 Å². The fourth-order valence-electron chi connectivity index (χ4n) is 3.95. The molecule has 2 fully saturated rings. The second-order valence-electron chi connectivity index (χ2n) is 6.32. The van der Waals surface area contributed by atoms with Gasteiger partial charge in [0, 0.05) is 31.2 Å². The largest absolute Gasteiger partial charge is 0.381 e. The van der Waals surface area contributed by atoms with E-state index in [1.807, 2.05) is 13.8 Å². The summed E-state index contributed by atoms with van der Waals surface area (Å²) in [6.07, 6.45) is 5.84. The van der Waals surface area contributed by atoms with Crippen molar-refractivity contribution in [3.05, 3.63) is 17.0 Å². The Balaban J connectivity index is 1.62. The summed E-state index contributed by atoms with van der Waals surface area (Å²) in [6, 6.07) is 0.761. The lowest BCUT2D eigenvalue weighted by molar-refractivity contribution is -0.137. The van der Waals surface area contributed by atoms with Crippen molar-refractivity contribution in [1.29, 1.82) is 0 Å². The maximum Gasteiger partial charge on any atom is 0.223 e. The van der Waals surface area contributed by atoms with Crippen LogP contribution in [0.3, 0.4) is 0 Å². The highest BCUT2D eigenvalue weighted by Gasteiger charge is 2.42. The summed E-state index contributed by atoms with van der Waals surface area (Å²) in [5, 5.41) is 3.95. The third-order valence-corrected chi connectivity index (χ3v) is 5.08. The van der Waals surface area contributed by atoms with Crippen molar-refractivity contribution in [2.45, 2.75) is 70.6 Å². The second kappa shape index (κ2) is 5.79. The molecule has 0 aliphatic carbocycles. The lowest BCUT2D eigenvalue weighted by atomic mass is 9.98. The van der Waals surface area contributed by atoms with Crippen LogP contribution < -0.4 is 0 Å². The van der Waals surface area contributed by atoms with Crippen LogP contribution in [0.15, 0.2) is 4.52 Å². The van der Waals surface area contributed by atoms with Gasteiger partial charge in [0.2, 0.25) is 5.91 Å². The average Bonchev–Trinajstić information content (AvgIpc) is 2.93.